The fourth-order valence-corrected chi connectivity index (χ4v) is 2.52. The van der Waals surface area contributed by atoms with Crippen LogP contribution in [0.25, 0.3) is 0 Å². The minimum Gasteiger partial charge on any atom is -0.494 e. The summed E-state index contributed by atoms with van der Waals surface area (Å²) >= 11 is 0. The molecule has 0 amide bonds. The molecule has 2 rings (SSSR count). The highest BCUT2D eigenvalue weighted by molar-refractivity contribution is 5.66. The van der Waals surface area contributed by atoms with Gasteiger partial charge in [-0.25, -0.2) is 0 Å². The summed E-state index contributed by atoms with van der Waals surface area (Å²) in [6.45, 7) is 5.41. The van der Waals surface area contributed by atoms with E-state index in [1.807, 2.05) is 19.1 Å². The van der Waals surface area contributed by atoms with E-state index < -0.39 is 5.97 Å². The number of nitrogens with zero attached hydrogens (tertiary/aromatic N) is 1. The minimum atomic E-state index is -0.727. The second-order valence-corrected chi connectivity index (χ2v) is 5.29. The number of carboxylic acids is 1. The SMILES string of the molecule is CCOc1ccc(C(C)N(CCC(=O)O)C2CC2)cc1. The van der Waals surface area contributed by atoms with E-state index in [1.54, 1.807) is 0 Å². The van der Waals surface area contributed by atoms with Gasteiger partial charge in [0.25, 0.3) is 0 Å². The van der Waals surface area contributed by atoms with Gasteiger partial charge in [-0.2, -0.15) is 0 Å². The molecule has 1 aliphatic rings. The van der Waals surface area contributed by atoms with Gasteiger partial charge in [-0.1, -0.05) is 12.1 Å². The molecule has 1 aliphatic carbocycles. The van der Waals surface area contributed by atoms with Crippen molar-refractivity contribution in [1.82, 2.24) is 4.90 Å². The molecule has 0 spiro atoms. The molecule has 1 N–H and O–H groups in total. The van der Waals surface area contributed by atoms with Crippen LogP contribution in [-0.2, 0) is 4.79 Å². The molecule has 0 radical (unpaired) electrons. The molecule has 1 aromatic rings. The highest BCUT2D eigenvalue weighted by atomic mass is 16.5. The van der Waals surface area contributed by atoms with E-state index >= 15 is 0 Å². The molecule has 4 nitrogen and oxygen atoms in total. The number of carboxylic acid groups (broad SMARTS) is 1. The molecule has 0 saturated heterocycles. The highest BCUT2D eigenvalue weighted by Crippen LogP contribution is 2.34. The first-order valence-corrected chi connectivity index (χ1v) is 7.32. The van der Waals surface area contributed by atoms with E-state index in [0.29, 0.717) is 19.2 Å². The Kier molecular flexibility index (Phi) is 5.01. The normalized spacial score (nSPS) is 16.1. The second kappa shape index (κ2) is 6.75. The number of rotatable bonds is 8. The van der Waals surface area contributed by atoms with Crippen molar-refractivity contribution in [1.29, 1.82) is 0 Å². The van der Waals surface area contributed by atoms with E-state index in [2.05, 4.69) is 24.0 Å². The molecule has 1 atom stereocenters. The van der Waals surface area contributed by atoms with Crippen molar-refractivity contribution in [3.8, 4) is 5.75 Å². The van der Waals surface area contributed by atoms with Crippen molar-refractivity contribution >= 4 is 5.97 Å². The van der Waals surface area contributed by atoms with Crippen LogP contribution < -0.4 is 4.74 Å². The second-order valence-electron chi connectivity index (χ2n) is 5.29. The fraction of sp³-hybridized carbons (Fsp3) is 0.562. The Hall–Kier alpha value is -1.55. The maximum Gasteiger partial charge on any atom is 0.304 e. The van der Waals surface area contributed by atoms with Crippen LogP contribution in [-0.4, -0.2) is 35.2 Å². The summed E-state index contributed by atoms with van der Waals surface area (Å²) in [6, 6.07) is 8.92. The first-order chi connectivity index (χ1) is 9.61. The molecule has 1 aromatic carbocycles. The predicted octanol–water partition coefficient (Wildman–Crippen LogP) is 3.09. The lowest BCUT2D eigenvalue weighted by molar-refractivity contribution is -0.137. The topological polar surface area (TPSA) is 49.8 Å². The van der Waals surface area contributed by atoms with Gasteiger partial charge in [0.2, 0.25) is 0 Å². The van der Waals surface area contributed by atoms with Gasteiger partial charge in [0, 0.05) is 18.6 Å². The van der Waals surface area contributed by atoms with E-state index in [0.717, 1.165) is 5.75 Å². The summed E-state index contributed by atoms with van der Waals surface area (Å²) in [4.78, 5) is 13.1. The standard InChI is InChI=1S/C16H23NO3/c1-3-20-15-8-4-13(5-9-15)12(2)17(14-6-7-14)11-10-16(18)19/h4-5,8-9,12,14H,3,6-7,10-11H2,1-2H3,(H,18,19). The van der Waals surface area contributed by atoms with Crippen LogP contribution in [0.2, 0.25) is 0 Å². The molecular formula is C16H23NO3. The van der Waals surface area contributed by atoms with Gasteiger partial charge in [-0.05, 0) is 44.4 Å². The molecule has 0 aliphatic heterocycles. The molecule has 1 saturated carbocycles. The lowest BCUT2D eigenvalue weighted by Gasteiger charge is -2.29. The molecule has 1 fully saturated rings. The molecule has 110 valence electrons. The Labute approximate surface area is 120 Å². The van der Waals surface area contributed by atoms with Crippen LogP contribution in [0, 0.1) is 0 Å². The maximum absolute atomic E-state index is 10.8. The van der Waals surface area contributed by atoms with Gasteiger partial charge >= 0.3 is 5.97 Å². The van der Waals surface area contributed by atoms with Gasteiger partial charge in [0.05, 0.1) is 13.0 Å². The van der Waals surface area contributed by atoms with E-state index in [4.69, 9.17) is 9.84 Å². The third-order valence-electron chi connectivity index (χ3n) is 3.77. The monoisotopic (exact) mass is 277 g/mol. The van der Waals surface area contributed by atoms with Crippen LogP contribution in [0.3, 0.4) is 0 Å². The van der Waals surface area contributed by atoms with E-state index in [9.17, 15) is 4.79 Å². The van der Waals surface area contributed by atoms with Crippen LogP contribution in [0.15, 0.2) is 24.3 Å². The number of ether oxygens (including phenoxy) is 1. The lowest BCUT2D eigenvalue weighted by Crippen LogP contribution is -2.31. The smallest absolute Gasteiger partial charge is 0.304 e. The number of aliphatic carboxylic acids is 1. The third-order valence-corrected chi connectivity index (χ3v) is 3.77. The third kappa shape index (κ3) is 3.97. The van der Waals surface area contributed by atoms with Crippen LogP contribution in [0.5, 0.6) is 5.75 Å². The summed E-state index contributed by atoms with van der Waals surface area (Å²) in [5.41, 5.74) is 1.21. The Bertz CT molecular complexity index is 440. The van der Waals surface area contributed by atoms with Crippen LogP contribution >= 0.6 is 0 Å². The molecule has 0 bridgehead atoms. The van der Waals surface area contributed by atoms with Gasteiger partial charge < -0.3 is 9.84 Å². The zero-order valence-electron chi connectivity index (χ0n) is 12.2. The zero-order valence-corrected chi connectivity index (χ0v) is 12.2. The summed E-state index contributed by atoms with van der Waals surface area (Å²) in [6.07, 6.45) is 2.57. The van der Waals surface area contributed by atoms with Gasteiger partial charge in [-0.3, -0.25) is 9.69 Å². The molecular weight excluding hydrogens is 254 g/mol. The summed E-state index contributed by atoms with van der Waals surface area (Å²) in [5, 5.41) is 8.87. The number of benzene rings is 1. The fourth-order valence-electron chi connectivity index (χ4n) is 2.52. The quantitative estimate of drug-likeness (QED) is 0.793. The molecule has 1 unspecified atom stereocenters. The van der Waals surface area contributed by atoms with Crippen molar-refractivity contribution < 1.29 is 14.6 Å². The number of carbonyl (C=O) groups is 1. The van der Waals surface area contributed by atoms with Crippen molar-refractivity contribution in [2.45, 2.75) is 45.2 Å². The summed E-state index contributed by atoms with van der Waals surface area (Å²) in [5.74, 6) is 0.154. The Balaban J connectivity index is 2.02. The number of hydrogen-bond donors (Lipinski definition) is 1. The summed E-state index contributed by atoms with van der Waals surface area (Å²) in [7, 11) is 0. The van der Waals surface area contributed by atoms with Crippen molar-refractivity contribution in [2.24, 2.45) is 0 Å². The molecule has 4 heteroatoms. The Morgan fingerprint density at radius 3 is 2.55 bits per heavy atom. The van der Waals surface area contributed by atoms with Gasteiger partial charge in [0.1, 0.15) is 5.75 Å². The predicted molar refractivity (Wildman–Crippen MR) is 78.0 cm³/mol. The highest BCUT2D eigenvalue weighted by Gasteiger charge is 2.32. The molecule has 20 heavy (non-hydrogen) atoms. The molecule has 0 heterocycles. The maximum atomic E-state index is 10.8. The first-order valence-electron chi connectivity index (χ1n) is 7.32. The summed E-state index contributed by atoms with van der Waals surface area (Å²) < 4.78 is 5.45. The first kappa shape index (κ1) is 14.9. The average Bonchev–Trinajstić information content (AvgIpc) is 3.24. The van der Waals surface area contributed by atoms with Crippen molar-refractivity contribution in [3.05, 3.63) is 29.8 Å². The Morgan fingerprint density at radius 1 is 1.40 bits per heavy atom. The van der Waals surface area contributed by atoms with E-state index in [-0.39, 0.29) is 12.5 Å². The average molecular weight is 277 g/mol. The van der Waals surface area contributed by atoms with E-state index in [1.165, 1.54) is 18.4 Å². The minimum absolute atomic E-state index is 0.206. The van der Waals surface area contributed by atoms with Crippen molar-refractivity contribution in [3.63, 3.8) is 0 Å². The number of hydrogen-bond acceptors (Lipinski definition) is 3. The lowest BCUT2D eigenvalue weighted by atomic mass is 10.1. The zero-order chi connectivity index (χ0) is 14.5. The van der Waals surface area contributed by atoms with Gasteiger partial charge in [-0.15, -0.1) is 0 Å². The van der Waals surface area contributed by atoms with Crippen LogP contribution in [0.4, 0.5) is 0 Å². The van der Waals surface area contributed by atoms with Crippen LogP contribution in [0.1, 0.15) is 44.7 Å². The largest absolute Gasteiger partial charge is 0.494 e. The molecule has 0 aromatic heterocycles. The van der Waals surface area contributed by atoms with Crippen molar-refractivity contribution in [2.75, 3.05) is 13.2 Å². The van der Waals surface area contributed by atoms with Gasteiger partial charge in [0.15, 0.2) is 0 Å². The Morgan fingerprint density at radius 2 is 2.05 bits per heavy atom.